The van der Waals surface area contributed by atoms with Crippen molar-refractivity contribution in [3.63, 3.8) is 0 Å². The van der Waals surface area contributed by atoms with Crippen LogP contribution in [0.2, 0.25) is 0 Å². The van der Waals surface area contributed by atoms with Gasteiger partial charge in [-0.3, -0.25) is 0 Å². The van der Waals surface area contributed by atoms with E-state index in [4.69, 9.17) is 9.47 Å². The van der Waals surface area contributed by atoms with E-state index < -0.39 is 0 Å². The van der Waals surface area contributed by atoms with Crippen LogP contribution in [0.4, 0.5) is 0 Å². The third-order valence-corrected chi connectivity index (χ3v) is 3.25. The highest BCUT2D eigenvalue weighted by molar-refractivity contribution is 7.09. The largest absolute Gasteiger partial charge is 0.464 e. The van der Waals surface area contributed by atoms with Gasteiger partial charge in [0.25, 0.3) is 0 Å². The SMILES string of the molecule is CCOC(=O)COCCNC(C)Cc1cccs1. The van der Waals surface area contributed by atoms with Crippen LogP contribution in [-0.4, -0.2) is 38.4 Å². The third kappa shape index (κ3) is 6.74. The summed E-state index contributed by atoms with van der Waals surface area (Å²) in [6.07, 6.45) is 1.02. The molecular weight excluding hydrogens is 250 g/mol. The molecule has 0 fully saturated rings. The maximum Gasteiger partial charge on any atom is 0.332 e. The Kier molecular flexibility index (Phi) is 7.64. The molecule has 1 N–H and O–H groups in total. The van der Waals surface area contributed by atoms with E-state index in [-0.39, 0.29) is 12.6 Å². The van der Waals surface area contributed by atoms with E-state index >= 15 is 0 Å². The fraction of sp³-hybridized carbons (Fsp3) is 0.615. The normalized spacial score (nSPS) is 12.3. The van der Waals surface area contributed by atoms with Gasteiger partial charge in [0.05, 0.1) is 13.2 Å². The molecule has 18 heavy (non-hydrogen) atoms. The van der Waals surface area contributed by atoms with Crippen LogP contribution >= 0.6 is 11.3 Å². The predicted octanol–water partition coefficient (Wildman–Crippen LogP) is 1.85. The second kappa shape index (κ2) is 9.08. The zero-order chi connectivity index (χ0) is 13.2. The Morgan fingerprint density at radius 1 is 1.56 bits per heavy atom. The first-order valence-electron chi connectivity index (χ1n) is 6.21. The maximum absolute atomic E-state index is 11.0. The first-order valence-corrected chi connectivity index (χ1v) is 7.09. The molecule has 0 bridgehead atoms. The van der Waals surface area contributed by atoms with Crippen LogP contribution in [0.15, 0.2) is 17.5 Å². The molecule has 1 atom stereocenters. The Morgan fingerprint density at radius 3 is 3.06 bits per heavy atom. The zero-order valence-electron chi connectivity index (χ0n) is 11.0. The molecule has 0 saturated heterocycles. The summed E-state index contributed by atoms with van der Waals surface area (Å²) in [5.41, 5.74) is 0. The Bertz CT molecular complexity index is 327. The molecule has 0 spiro atoms. The molecule has 102 valence electrons. The molecule has 0 saturated carbocycles. The number of esters is 1. The van der Waals surface area contributed by atoms with Crippen LogP contribution in [0, 0.1) is 0 Å². The Balaban J connectivity index is 1.99. The van der Waals surface area contributed by atoms with Gasteiger partial charge in [-0.2, -0.15) is 0 Å². The van der Waals surface area contributed by atoms with Crippen molar-refractivity contribution in [3.8, 4) is 0 Å². The van der Waals surface area contributed by atoms with Gasteiger partial charge in [-0.1, -0.05) is 6.07 Å². The van der Waals surface area contributed by atoms with E-state index in [0.717, 1.165) is 13.0 Å². The van der Waals surface area contributed by atoms with Crippen molar-refractivity contribution in [1.82, 2.24) is 5.32 Å². The van der Waals surface area contributed by atoms with Crippen molar-refractivity contribution >= 4 is 17.3 Å². The molecule has 1 aromatic heterocycles. The van der Waals surface area contributed by atoms with Gasteiger partial charge >= 0.3 is 5.97 Å². The highest BCUT2D eigenvalue weighted by Crippen LogP contribution is 2.10. The minimum Gasteiger partial charge on any atom is -0.464 e. The predicted molar refractivity (Wildman–Crippen MR) is 72.9 cm³/mol. The molecule has 0 aliphatic heterocycles. The lowest BCUT2D eigenvalue weighted by molar-refractivity contribution is -0.148. The second-order valence-corrected chi connectivity index (χ2v) is 5.03. The molecule has 1 aromatic rings. The number of hydrogen-bond donors (Lipinski definition) is 1. The summed E-state index contributed by atoms with van der Waals surface area (Å²) in [6, 6.07) is 4.62. The molecule has 0 aromatic carbocycles. The van der Waals surface area contributed by atoms with Gasteiger partial charge < -0.3 is 14.8 Å². The topological polar surface area (TPSA) is 47.6 Å². The average Bonchev–Trinajstić information content (AvgIpc) is 2.81. The van der Waals surface area contributed by atoms with Gasteiger partial charge in [0.1, 0.15) is 6.61 Å². The smallest absolute Gasteiger partial charge is 0.332 e. The number of carbonyl (C=O) groups is 1. The van der Waals surface area contributed by atoms with Gasteiger partial charge in [0.2, 0.25) is 0 Å². The monoisotopic (exact) mass is 271 g/mol. The quantitative estimate of drug-likeness (QED) is 0.550. The summed E-state index contributed by atoms with van der Waals surface area (Å²) in [5.74, 6) is -0.302. The van der Waals surface area contributed by atoms with Crippen molar-refractivity contribution in [1.29, 1.82) is 0 Å². The standard InChI is InChI=1S/C13H21NO3S/c1-3-17-13(15)10-16-7-6-14-11(2)9-12-5-4-8-18-12/h4-5,8,11,14H,3,6-7,9-10H2,1-2H3. The lowest BCUT2D eigenvalue weighted by Gasteiger charge is -2.12. The number of nitrogens with one attached hydrogen (secondary N) is 1. The first-order chi connectivity index (χ1) is 8.72. The highest BCUT2D eigenvalue weighted by atomic mass is 32.1. The molecular formula is C13H21NO3S. The fourth-order valence-electron chi connectivity index (χ4n) is 1.54. The summed E-state index contributed by atoms with van der Waals surface area (Å²) < 4.78 is 9.96. The van der Waals surface area contributed by atoms with Crippen molar-refractivity contribution < 1.29 is 14.3 Å². The highest BCUT2D eigenvalue weighted by Gasteiger charge is 2.04. The van der Waals surface area contributed by atoms with Crippen LogP contribution in [0.5, 0.6) is 0 Å². The van der Waals surface area contributed by atoms with Crippen LogP contribution in [0.3, 0.4) is 0 Å². The van der Waals surface area contributed by atoms with E-state index in [1.165, 1.54) is 4.88 Å². The van der Waals surface area contributed by atoms with Crippen molar-refractivity contribution in [2.24, 2.45) is 0 Å². The third-order valence-electron chi connectivity index (χ3n) is 2.35. The molecule has 0 radical (unpaired) electrons. The molecule has 4 nitrogen and oxygen atoms in total. The fourth-order valence-corrected chi connectivity index (χ4v) is 2.37. The molecule has 0 amide bonds. The summed E-state index contributed by atoms with van der Waals surface area (Å²) in [5, 5.41) is 5.44. The van der Waals surface area contributed by atoms with Crippen LogP contribution in [-0.2, 0) is 20.7 Å². The first kappa shape index (κ1) is 15.1. The van der Waals surface area contributed by atoms with E-state index in [1.807, 2.05) is 0 Å². The van der Waals surface area contributed by atoms with Crippen LogP contribution < -0.4 is 5.32 Å². The number of thiophene rings is 1. The number of carbonyl (C=O) groups excluding carboxylic acids is 1. The number of hydrogen-bond acceptors (Lipinski definition) is 5. The Hall–Kier alpha value is -0.910. The van der Waals surface area contributed by atoms with Crippen molar-refractivity contribution in [2.45, 2.75) is 26.3 Å². The van der Waals surface area contributed by atoms with Crippen molar-refractivity contribution in [3.05, 3.63) is 22.4 Å². The molecule has 1 unspecified atom stereocenters. The molecule has 1 heterocycles. The van der Waals surface area contributed by atoms with Crippen LogP contribution in [0.25, 0.3) is 0 Å². The van der Waals surface area contributed by atoms with E-state index in [1.54, 1.807) is 18.3 Å². The van der Waals surface area contributed by atoms with Gasteiger partial charge in [0.15, 0.2) is 0 Å². The molecule has 0 aliphatic rings. The van der Waals surface area contributed by atoms with Gasteiger partial charge in [-0.25, -0.2) is 4.79 Å². The molecule has 0 aliphatic carbocycles. The Morgan fingerprint density at radius 2 is 2.39 bits per heavy atom. The second-order valence-electron chi connectivity index (χ2n) is 4.00. The minimum absolute atomic E-state index is 0.0365. The summed E-state index contributed by atoms with van der Waals surface area (Å²) in [4.78, 5) is 12.4. The molecule has 5 heteroatoms. The van der Waals surface area contributed by atoms with E-state index in [0.29, 0.717) is 19.3 Å². The summed E-state index contributed by atoms with van der Waals surface area (Å²) >= 11 is 1.77. The lowest BCUT2D eigenvalue weighted by Crippen LogP contribution is -2.31. The summed E-state index contributed by atoms with van der Waals surface area (Å²) in [7, 11) is 0. The van der Waals surface area contributed by atoms with E-state index in [2.05, 4.69) is 29.8 Å². The number of rotatable bonds is 9. The van der Waals surface area contributed by atoms with Gasteiger partial charge in [-0.05, 0) is 31.7 Å². The maximum atomic E-state index is 11.0. The summed E-state index contributed by atoms with van der Waals surface area (Å²) in [6.45, 7) is 5.63. The van der Waals surface area contributed by atoms with Gasteiger partial charge in [0, 0.05) is 17.5 Å². The average molecular weight is 271 g/mol. The Labute approximate surface area is 112 Å². The minimum atomic E-state index is -0.302. The van der Waals surface area contributed by atoms with Crippen LogP contribution in [0.1, 0.15) is 18.7 Å². The van der Waals surface area contributed by atoms with Gasteiger partial charge in [-0.15, -0.1) is 11.3 Å². The zero-order valence-corrected chi connectivity index (χ0v) is 11.8. The lowest BCUT2D eigenvalue weighted by atomic mass is 10.2. The molecule has 1 rings (SSSR count). The number of ether oxygens (including phenoxy) is 2. The van der Waals surface area contributed by atoms with E-state index in [9.17, 15) is 4.79 Å². The van der Waals surface area contributed by atoms with Crippen molar-refractivity contribution in [2.75, 3.05) is 26.4 Å².